The second kappa shape index (κ2) is 8.44. The third kappa shape index (κ3) is 4.71. The summed E-state index contributed by atoms with van der Waals surface area (Å²) in [5.41, 5.74) is 2.20. The normalized spacial score (nSPS) is 10.5. The quantitative estimate of drug-likeness (QED) is 0.519. The van der Waals surface area contributed by atoms with Gasteiger partial charge in [0.25, 0.3) is 5.95 Å². The van der Waals surface area contributed by atoms with E-state index in [-0.39, 0.29) is 18.4 Å². The Bertz CT molecular complexity index is 1120. The predicted molar refractivity (Wildman–Crippen MR) is 106 cm³/mol. The van der Waals surface area contributed by atoms with Crippen LogP contribution in [0.1, 0.15) is 5.89 Å². The van der Waals surface area contributed by atoms with Crippen LogP contribution in [0.15, 0.2) is 65.2 Å². The second-order valence-electron chi connectivity index (χ2n) is 5.85. The first-order valence-corrected chi connectivity index (χ1v) is 8.93. The van der Waals surface area contributed by atoms with E-state index in [4.69, 9.17) is 16.0 Å². The summed E-state index contributed by atoms with van der Waals surface area (Å²) in [5, 5.41) is 21.3. The minimum absolute atomic E-state index is 0.0399. The number of amides is 2. The van der Waals surface area contributed by atoms with Crippen molar-refractivity contribution in [2.24, 2.45) is 0 Å². The summed E-state index contributed by atoms with van der Waals surface area (Å²) in [7, 11) is 0. The van der Waals surface area contributed by atoms with E-state index >= 15 is 0 Å². The van der Waals surface area contributed by atoms with Gasteiger partial charge in [-0.1, -0.05) is 41.9 Å². The number of anilines is 1. The number of halogens is 1. The Balaban J connectivity index is 1.36. The van der Waals surface area contributed by atoms with Crippen molar-refractivity contribution in [2.75, 3.05) is 5.32 Å². The van der Waals surface area contributed by atoms with Crippen LogP contribution in [0.5, 0.6) is 0 Å². The fourth-order valence-corrected chi connectivity index (χ4v) is 2.57. The minimum Gasteiger partial charge on any atom is -0.419 e. The Morgan fingerprint density at radius 1 is 0.966 bits per heavy atom. The van der Waals surface area contributed by atoms with Crippen molar-refractivity contribution in [1.82, 2.24) is 30.7 Å². The topological polar surface area (TPSA) is 119 Å². The first-order valence-electron chi connectivity index (χ1n) is 8.56. The van der Waals surface area contributed by atoms with Crippen LogP contribution in [0.25, 0.3) is 22.7 Å². The van der Waals surface area contributed by atoms with Crippen molar-refractivity contribution in [2.45, 2.75) is 6.54 Å². The van der Waals surface area contributed by atoms with Gasteiger partial charge in [0, 0.05) is 16.1 Å². The number of rotatable bonds is 5. The summed E-state index contributed by atoms with van der Waals surface area (Å²) in [6.45, 7) is 0.0399. The molecule has 2 aromatic heterocycles. The molecule has 0 aliphatic rings. The fourth-order valence-electron chi connectivity index (χ4n) is 2.44. The molecule has 0 spiro atoms. The highest BCUT2D eigenvalue weighted by molar-refractivity contribution is 6.30. The molecule has 0 aliphatic heterocycles. The third-order valence-electron chi connectivity index (χ3n) is 3.81. The maximum Gasteiger partial charge on any atom is 0.322 e. The van der Waals surface area contributed by atoms with Crippen molar-refractivity contribution in [3.63, 3.8) is 0 Å². The summed E-state index contributed by atoms with van der Waals surface area (Å²) < 4.78 is 5.54. The van der Waals surface area contributed by atoms with Gasteiger partial charge in [-0.15, -0.1) is 15.3 Å². The fraction of sp³-hybridized carbons (Fsp3) is 0.0526. The molecule has 4 aromatic rings. The van der Waals surface area contributed by atoms with Crippen molar-refractivity contribution >= 4 is 23.6 Å². The molecule has 0 atom stereocenters. The molecule has 0 unspecified atom stereocenters. The number of carbonyl (C=O) groups is 1. The van der Waals surface area contributed by atoms with E-state index in [1.807, 2.05) is 30.3 Å². The Morgan fingerprint density at radius 2 is 1.76 bits per heavy atom. The predicted octanol–water partition coefficient (Wildman–Crippen LogP) is 3.56. The zero-order chi connectivity index (χ0) is 20.1. The van der Waals surface area contributed by atoms with E-state index in [9.17, 15) is 4.79 Å². The van der Waals surface area contributed by atoms with E-state index in [1.165, 1.54) is 6.20 Å². The van der Waals surface area contributed by atoms with Gasteiger partial charge in [0.05, 0.1) is 18.4 Å². The smallest absolute Gasteiger partial charge is 0.322 e. The molecule has 0 saturated heterocycles. The molecule has 10 heteroatoms. The molecule has 0 saturated carbocycles. The molecule has 9 nitrogen and oxygen atoms in total. The third-order valence-corrected chi connectivity index (χ3v) is 4.06. The van der Waals surface area contributed by atoms with Crippen LogP contribution in [0.3, 0.4) is 0 Å². The van der Waals surface area contributed by atoms with Gasteiger partial charge in [-0.05, 0) is 24.3 Å². The summed E-state index contributed by atoms with van der Waals surface area (Å²) >= 11 is 5.86. The standard InChI is InChI=1S/C19H14ClN7O2/c20-14-8-6-13(7-9-14)17-26-25-16(29-17)11-21-19(28)24-18-23-15(10-22-27-18)12-4-2-1-3-5-12/h1-10H,11H2,(H2,21,23,24,27,28). The lowest BCUT2D eigenvalue weighted by molar-refractivity contribution is 0.250. The van der Waals surface area contributed by atoms with Gasteiger partial charge in [0.2, 0.25) is 11.8 Å². The Labute approximate surface area is 170 Å². The Morgan fingerprint density at radius 3 is 2.55 bits per heavy atom. The van der Waals surface area contributed by atoms with Crippen LogP contribution in [-0.4, -0.2) is 31.4 Å². The van der Waals surface area contributed by atoms with E-state index in [0.29, 0.717) is 16.6 Å². The summed E-state index contributed by atoms with van der Waals surface area (Å²) in [6.07, 6.45) is 1.52. The number of nitrogens with zero attached hydrogens (tertiary/aromatic N) is 5. The van der Waals surface area contributed by atoms with Crippen LogP contribution in [0, 0.1) is 0 Å². The first-order chi connectivity index (χ1) is 14.2. The second-order valence-corrected chi connectivity index (χ2v) is 6.28. The summed E-state index contributed by atoms with van der Waals surface area (Å²) in [4.78, 5) is 16.4. The monoisotopic (exact) mass is 407 g/mol. The molecule has 2 amide bonds. The average Bonchev–Trinajstić information content (AvgIpc) is 3.23. The highest BCUT2D eigenvalue weighted by Crippen LogP contribution is 2.20. The van der Waals surface area contributed by atoms with Gasteiger partial charge in [0.1, 0.15) is 0 Å². The van der Waals surface area contributed by atoms with Crippen LogP contribution in [0.4, 0.5) is 10.7 Å². The molecule has 4 rings (SSSR count). The molecular weight excluding hydrogens is 394 g/mol. The number of nitrogens with one attached hydrogen (secondary N) is 2. The van der Waals surface area contributed by atoms with Gasteiger partial charge in [-0.2, -0.15) is 5.10 Å². The highest BCUT2D eigenvalue weighted by Gasteiger charge is 2.11. The largest absolute Gasteiger partial charge is 0.419 e. The Hall–Kier alpha value is -3.85. The highest BCUT2D eigenvalue weighted by atomic mass is 35.5. The number of carbonyl (C=O) groups excluding carboxylic acids is 1. The lowest BCUT2D eigenvalue weighted by Crippen LogP contribution is -2.29. The van der Waals surface area contributed by atoms with Gasteiger partial charge in [-0.25, -0.2) is 9.78 Å². The van der Waals surface area contributed by atoms with Crippen molar-refractivity contribution in [1.29, 1.82) is 0 Å². The maximum atomic E-state index is 12.1. The number of benzene rings is 2. The number of hydrogen-bond donors (Lipinski definition) is 2. The first kappa shape index (κ1) is 18.5. The van der Waals surface area contributed by atoms with Gasteiger partial charge < -0.3 is 9.73 Å². The molecular formula is C19H14ClN7O2. The number of hydrogen-bond acceptors (Lipinski definition) is 7. The van der Waals surface area contributed by atoms with E-state index in [1.54, 1.807) is 24.3 Å². The van der Waals surface area contributed by atoms with Crippen LogP contribution >= 0.6 is 11.6 Å². The zero-order valence-corrected chi connectivity index (χ0v) is 15.7. The SMILES string of the molecule is O=C(NCc1nnc(-c2ccc(Cl)cc2)o1)Nc1nncc(-c2ccccc2)n1. The molecule has 0 fully saturated rings. The van der Waals surface area contributed by atoms with Crippen molar-refractivity contribution in [3.05, 3.63) is 71.7 Å². The molecule has 2 aromatic carbocycles. The molecule has 2 heterocycles. The van der Waals surface area contributed by atoms with Crippen LogP contribution in [-0.2, 0) is 6.54 Å². The van der Waals surface area contributed by atoms with Crippen LogP contribution < -0.4 is 10.6 Å². The van der Waals surface area contributed by atoms with Gasteiger partial charge in [-0.3, -0.25) is 5.32 Å². The van der Waals surface area contributed by atoms with E-state index < -0.39 is 6.03 Å². The Kier molecular flexibility index (Phi) is 5.39. The summed E-state index contributed by atoms with van der Waals surface area (Å²) in [6, 6.07) is 15.9. The number of urea groups is 1. The number of aromatic nitrogens is 5. The lowest BCUT2D eigenvalue weighted by Gasteiger charge is -2.05. The molecule has 0 bridgehead atoms. The average molecular weight is 408 g/mol. The molecule has 144 valence electrons. The summed E-state index contributed by atoms with van der Waals surface area (Å²) in [5.74, 6) is 0.667. The molecule has 2 N–H and O–H groups in total. The van der Waals surface area contributed by atoms with E-state index in [2.05, 4.69) is 36.0 Å². The van der Waals surface area contributed by atoms with Crippen molar-refractivity contribution in [3.8, 4) is 22.7 Å². The minimum atomic E-state index is -0.525. The molecule has 0 aliphatic carbocycles. The lowest BCUT2D eigenvalue weighted by atomic mass is 10.2. The molecule has 29 heavy (non-hydrogen) atoms. The van der Waals surface area contributed by atoms with Gasteiger partial charge in [0.15, 0.2) is 0 Å². The van der Waals surface area contributed by atoms with Crippen molar-refractivity contribution < 1.29 is 9.21 Å². The molecule has 0 radical (unpaired) electrons. The van der Waals surface area contributed by atoms with Gasteiger partial charge >= 0.3 is 6.03 Å². The van der Waals surface area contributed by atoms with E-state index in [0.717, 1.165) is 11.1 Å². The van der Waals surface area contributed by atoms with Crippen LogP contribution in [0.2, 0.25) is 5.02 Å². The zero-order valence-electron chi connectivity index (χ0n) is 14.9. The maximum absolute atomic E-state index is 12.1.